The van der Waals surface area contributed by atoms with E-state index in [-0.39, 0.29) is 61.0 Å². The van der Waals surface area contributed by atoms with Crippen molar-refractivity contribution in [3.63, 3.8) is 0 Å². The van der Waals surface area contributed by atoms with Crippen LogP contribution in [0, 0.1) is 40.0 Å². The van der Waals surface area contributed by atoms with Gasteiger partial charge in [-0.05, 0) is 70.5 Å². The monoisotopic (exact) mass is 1130 g/mol. The van der Waals surface area contributed by atoms with E-state index in [1.54, 1.807) is 60.7 Å². The van der Waals surface area contributed by atoms with E-state index >= 15 is 0 Å². The smallest absolute Gasteiger partial charge is 0.338 e. The van der Waals surface area contributed by atoms with Gasteiger partial charge in [-0.1, -0.05) is 90.1 Å². The quantitative estimate of drug-likeness (QED) is 0.0450. The summed E-state index contributed by atoms with van der Waals surface area (Å²) in [6.07, 6.45) is -4.78. The highest BCUT2D eigenvalue weighted by molar-refractivity contribution is 6.00. The number of halogens is 5. The maximum absolute atomic E-state index is 13.8. The molecule has 0 bridgehead atoms. The number of benzene rings is 4. The van der Waals surface area contributed by atoms with Gasteiger partial charge in [0.25, 0.3) is 0 Å². The van der Waals surface area contributed by atoms with E-state index in [9.17, 15) is 62.3 Å². The summed E-state index contributed by atoms with van der Waals surface area (Å²) in [6, 6.07) is 18.9. The van der Waals surface area contributed by atoms with Crippen molar-refractivity contribution in [2.24, 2.45) is 22.5 Å². The summed E-state index contributed by atoms with van der Waals surface area (Å²) in [5.41, 5.74) is 6.87. The molecule has 22 heteroatoms. The highest BCUT2D eigenvalue weighted by Crippen LogP contribution is 2.36. The van der Waals surface area contributed by atoms with E-state index in [4.69, 9.17) is 29.4 Å². The molecule has 0 saturated carbocycles. The summed E-state index contributed by atoms with van der Waals surface area (Å²) in [4.78, 5) is 53.2. The number of cyclic esters (lactones) is 1. The molecule has 7 rings (SSSR count). The number of hydrogen-bond acceptors (Lipinski definition) is 15. The van der Waals surface area contributed by atoms with Crippen molar-refractivity contribution < 1.29 is 86.0 Å². The number of ether oxygens (including phenoxy) is 5. The van der Waals surface area contributed by atoms with Crippen molar-refractivity contribution in [1.82, 2.24) is 0 Å². The molecule has 7 N–H and O–H groups in total. The molecule has 0 aromatic heterocycles. The first-order chi connectivity index (χ1) is 36.6. The minimum Gasteiger partial charge on any atom is -0.491 e. The number of ketones is 1. The van der Waals surface area contributed by atoms with Gasteiger partial charge in [0, 0.05) is 32.8 Å². The predicted molar refractivity (Wildman–Crippen MR) is 286 cm³/mol. The fourth-order valence-corrected chi connectivity index (χ4v) is 8.31. The number of Topliss-reactive ketones (excluding diaryl/α,β-unsaturated/α-hetero) is 1. The van der Waals surface area contributed by atoms with E-state index in [0.717, 1.165) is 24.3 Å². The normalized spacial score (nSPS) is 21.2. The first kappa shape index (κ1) is 65.2. The van der Waals surface area contributed by atoms with Crippen LogP contribution >= 0.6 is 12.4 Å². The Kier molecular flexibility index (Phi) is 23.7. The maximum atomic E-state index is 13.8. The van der Waals surface area contributed by atoms with Gasteiger partial charge in [-0.15, -0.1) is 12.4 Å². The largest absolute Gasteiger partial charge is 0.491 e. The van der Waals surface area contributed by atoms with Gasteiger partial charge in [-0.2, -0.15) is 0 Å². The van der Waals surface area contributed by atoms with Crippen LogP contribution in [-0.4, -0.2) is 131 Å². The Morgan fingerprint density at radius 1 is 0.709 bits per heavy atom. The summed E-state index contributed by atoms with van der Waals surface area (Å²) >= 11 is 0. The molecule has 0 unspecified atom stereocenters. The minimum atomic E-state index is -1.78. The van der Waals surface area contributed by atoms with Crippen LogP contribution < -0.4 is 25.0 Å². The van der Waals surface area contributed by atoms with E-state index in [1.807, 2.05) is 41.5 Å². The van der Waals surface area contributed by atoms with Crippen LogP contribution in [0.2, 0.25) is 0 Å². The van der Waals surface area contributed by atoms with Crippen molar-refractivity contribution >= 4 is 47.3 Å². The van der Waals surface area contributed by atoms with E-state index in [1.165, 1.54) is 48.3 Å². The fourth-order valence-electron chi connectivity index (χ4n) is 8.31. The molecule has 0 radical (unpaired) electrons. The van der Waals surface area contributed by atoms with Crippen molar-refractivity contribution in [2.75, 3.05) is 37.2 Å². The highest BCUT2D eigenvalue weighted by Gasteiger charge is 2.47. The number of anilines is 2. The van der Waals surface area contributed by atoms with Crippen LogP contribution in [0.5, 0.6) is 11.5 Å². The first-order valence-electron chi connectivity index (χ1n) is 24.9. The summed E-state index contributed by atoms with van der Waals surface area (Å²) in [6.45, 7) is 11.3. The molecular weight excluding hydrogens is 1060 g/mol. The SMILES string of the molecule is CO[C@@H](C(=O)C[C@H]1COc2ccccc2N(Cc2cc(F)cc(F)c2)C1=O)[C@H](O)[C@@H](O)[C@H](O)/C=C/C(C)(C)C.CO[C@H]1C(=O)O[C@@H]([C@H](O)/C=C/C(C)(C)C)[C@H]1O.Cl.N[C@H]1COc2ccccc2N(Cc2cc(F)cc(F)c2)C1=O. The molecule has 1 fully saturated rings. The van der Waals surface area contributed by atoms with Crippen molar-refractivity contribution in [3.8, 4) is 11.5 Å². The number of methoxy groups -OCH3 is 2. The van der Waals surface area contributed by atoms with Crippen molar-refractivity contribution in [3.05, 3.63) is 144 Å². The molecular formula is C57H70ClF4N3O14. The summed E-state index contributed by atoms with van der Waals surface area (Å²) in [5, 5.41) is 51.0. The maximum Gasteiger partial charge on any atom is 0.338 e. The molecule has 2 amide bonds. The number of nitrogens with zero attached hydrogens (tertiary/aromatic N) is 2. The third kappa shape index (κ3) is 18.4. The number of amides is 2. The number of aliphatic hydroxyl groups is 5. The molecule has 3 aliphatic rings. The summed E-state index contributed by atoms with van der Waals surface area (Å²) < 4.78 is 80.5. The van der Waals surface area contributed by atoms with Gasteiger partial charge in [0.2, 0.25) is 11.8 Å². The molecule has 1 saturated heterocycles. The van der Waals surface area contributed by atoms with Crippen molar-refractivity contribution in [2.45, 2.75) is 116 Å². The lowest BCUT2D eigenvalue weighted by Gasteiger charge is -2.28. The number of para-hydroxylation sites is 4. The van der Waals surface area contributed by atoms with Gasteiger partial charge in [0.05, 0.1) is 30.4 Å². The lowest BCUT2D eigenvalue weighted by atomic mass is 9.91. The fraction of sp³-hybridized carbons (Fsp3) is 0.439. The Hall–Kier alpha value is -6.27. The average Bonchev–Trinajstić information content (AvgIpc) is 3.54. The van der Waals surface area contributed by atoms with Gasteiger partial charge in [-0.25, -0.2) is 22.4 Å². The number of fused-ring (bicyclic) bond motifs is 2. The number of allylic oxidation sites excluding steroid dienone is 2. The van der Waals surface area contributed by atoms with Crippen LogP contribution in [0.25, 0.3) is 0 Å². The lowest BCUT2D eigenvalue weighted by Crippen LogP contribution is -2.49. The van der Waals surface area contributed by atoms with Gasteiger partial charge in [-0.3, -0.25) is 14.4 Å². The molecule has 3 heterocycles. The Labute approximate surface area is 462 Å². The van der Waals surface area contributed by atoms with Gasteiger partial charge in [0.15, 0.2) is 18.0 Å². The van der Waals surface area contributed by atoms with Crippen LogP contribution in [0.3, 0.4) is 0 Å². The number of aliphatic hydroxyl groups excluding tert-OH is 5. The lowest BCUT2D eigenvalue weighted by molar-refractivity contribution is -0.150. The third-order valence-corrected chi connectivity index (χ3v) is 12.2. The third-order valence-electron chi connectivity index (χ3n) is 12.2. The van der Waals surface area contributed by atoms with Crippen LogP contribution in [0.15, 0.2) is 109 Å². The Morgan fingerprint density at radius 2 is 1.16 bits per heavy atom. The van der Waals surface area contributed by atoms with Crippen LogP contribution in [0.4, 0.5) is 28.9 Å². The number of nitrogens with two attached hydrogens (primary N) is 1. The zero-order chi connectivity index (χ0) is 57.8. The molecule has 0 spiro atoms. The molecule has 17 nitrogen and oxygen atoms in total. The Bertz CT molecular complexity index is 2730. The second kappa shape index (κ2) is 28.7. The number of carbonyl (C=O) groups is 4. The van der Waals surface area contributed by atoms with Gasteiger partial charge >= 0.3 is 5.97 Å². The van der Waals surface area contributed by atoms with Gasteiger partial charge in [0.1, 0.15) is 90.6 Å². The molecule has 0 aliphatic carbocycles. The number of hydrogen-bond donors (Lipinski definition) is 6. The molecule has 432 valence electrons. The highest BCUT2D eigenvalue weighted by atomic mass is 35.5. The molecule has 79 heavy (non-hydrogen) atoms. The average molecular weight is 1130 g/mol. The van der Waals surface area contributed by atoms with Gasteiger partial charge < -0.3 is 64.8 Å². The van der Waals surface area contributed by atoms with E-state index in [2.05, 4.69) is 0 Å². The second-order valence-electron chi connectivity index (χ2n) is 21.1. The number of carbonyl (C=O) groups excluding carboxylic acids is 4. The summed E-state index contributed by atoms with van der Waals surface area (Å²) in [5.74, 6) is -5.35. The van der Waals surface area contributed by atoms with E-state index < -0.39 is 108 Å². The minimum absolute atomic E-state index is 0. The Balaban J connectivity index is 0.000000282. The predicted octanol–water partition coefficient (Wildman–Crippen LogP) is 6.06. The molecule has 4 aromatic rings. The standard InChI is InChI=1S/C29H35F2NO7.C16H14F2N2O2.C12H20O5.ClH/c1-29(2,3)10-9-22(33)25(35)26(36)27(38-4)23(34)13-18-16-39-24-8-6-5-7-21(24)32(28(18)37)15-17-11-19(30)14-20(31)12-17;17-11-5-10(6-12(18)7-11)8-20-14-3-1-2-4-15(14)22-9-13(19)16(20)21;1-12(2,3)6-5-7(13)9-8(14)10(16-4)11(15)17-9;/h5-12,14,18,22,25-27,33,35-36H,13,15-16H2,1-4H3;1-7,13H,8-9,19H2;5-10,13-14H,1-4H3;1H/b10-9+;;6-5+;/t18-,22+,25-,26+,27-;13-;7-,8-,9+,10-;/m001./s1. The van der Waals surface area contributed by atoms with Crippen LogP contribution in [-0.2, 0) is 46.5 Å². The van der Waals surface area contributed by atoms with E-state index in [0.29, 0.717) is 28.4 Å². The zero-order valence-corrected chi connectivity index (χ0v) is 45.8. The number of rotatable bonds is 15. The molecule has 4 aromatic carbocycles. The van der Waals surface area contributed by atoms with Crippen molar-refractivity contribution in [1.29, 1.82) is 0 Å². The van der Waals surface area contributed by atoms with Crippen LogP contribution in [0.1, 0.15) is 59.1 Å². The Morgan fingerprint density at radius 3 is 1.62 bits per heavy atom. The zero-order valence-electron chi connectivity index (χ0n) is 45.0. The number of esters is 1. The molecule has 3 aliphatic heterocycles. The topological polar surface area (TPSA) is 248 Å². The molecule has 10 atom stereocenters. The first-order valence-corrected chi connectivity index (χ1v) is 24.9. The summed E-state index contributed by atoms with van der Waals surface area (Å²) in [7, 11) is 2.48. The second-order valence-corrected chi connectivity index (χ2v) is 21.1.